The van der Waals surface area contributed by atoms with E-state index in [1.165, 1.54) is 12.1 Å². The molecule has 8 heteroatoms. The molecule has 128 valence electrons. The van der Waals surface area contributed by atoms with Crippen molar-refractivity contribution in [2.24, 2.45) is 5.73 Å². The highest BCUT2D eigenvalue weighted by Crippen LogP contribution is 2.31. The van der Waals surface area contributed by atoms with Gasteiger partial charge in [0.2, 0.25) is 5.91 Å². The number of amides is 1. The maximum Gasteiger partial charge on any atom is 0.416 e. The number of β-amino-alcohol motifs (C(OH)–C–C–N with tert-alkyl or cyclic N) is 1. The molecule has 2 rings (SSSR count). The number of aliphatic hydroxyl groups is 1. The van der Waals surface area contributed by atoms with E-state index in [0.717, 1.165) is 18.6 Å². The lowest BCUT2D eigenvalue weighted by Crippen LogP contribution is -2.44. The number of hydrogen-bond donors (Lipinski definition) is 2. The first-order valence-corrected chi connectivity index (χ1v) is 7.29. The van der Waals surface area contributed by atoms with Gasteiger partial charge in [0.15, 0.2) is 0 Å². The van der Waals surface area contributed by atoms with Gasteiger partial charge in [-0.2, -0.15) is 13.2 Å². The SMILES string of the molecule is NC(=O)C1CCCN1CC(O)COc1cccc(C(F)(F)F)c1. The van der Waals surface area contributed by atoms with Gasteiger partial charge in [0.1, 0.15) is 18.5 Å². The van der Waals surface area contributed by atoms with Gasteiger partial charge in [0.25, 0.3) is 0 Å². The molecule has 1 aliphatic heterocycles. The Hall–Kier alpha value is -1.80. The zero-order valence-electron chi connectivity index (χ0n) is 12.4. The molecule has 1 fully saturated rings. The fraction of sp³-hybridized carbons (Fsp3) is 0.533. The van der Waals surface area contributed by atoms with E-state index in [2.05, 4.69) is 0 Å². The third-order valence-electron chi connectivity index (χ3n) is 3.74. The van der Waals surface area contributed by atoms with E-state index in [1.807, 2.05) is 0 Å². The highest BCUT2D eigenvalue weighted by atomic mass is 19.4. The van der Waals surface area contributed by atoms with Crippen LogP contribution in [0.5, 0.6) is 5.75 Å². The van der Waals surface area contributed by atoms with E-state index in [4.69, 9.17) is 10.5 Å². The van der Waals surface area contributed by atoms with E-state index in [0.29, 0.717) is 13.0 Å². The number of rotatable bonds is 6. The Labute approximate surface area is 131 Å². The van der Waals surface area contributed by atoms with Crippen LogP contribution in [0.25, 0.3) is 0 Å². The lowest BCUT2D eigenvalue weighted by Gasteiger charge is -2.24. The van der Waals surface area contributed by atoms with E-state index >= 15 is 0 Å². The van der Waals surface area contributed by atoms with Gasteiger partial charge in [0.05, 0.1) is 11.6 Å². The van der Waals surface area contributed by atoms with Crippen molar-refractivity contribution in [2.75, 3.05) is 19.7 Å². The number of alkyl halides is 3. The summed E-state index contributed by atoms with van der Waals surface area (Å²) >= 11 is 0. The first-order valence-electron chi connectivity index (χ1n) is 7.29. The predicted octanol–water partition coefficient (Wildman–Crippen LogP) is 1.39. The summed E-state index contributed by atoms with van der Waals surface area (Å²) in [7, 11) is 0. The molecule has 3 N–H and O–H groups in total. The van der Waals surface area contributed by atoms with Crippen LogP contribution in [0.1, 0.15) is 18.4 Å². The van der Waals surface area contributed by atoms with E-state index < -0.39 is 29.8 Å². The van der Waals surface area contributed by atoms with Crippen molar-refractivity contribution in [3.8, 4) is 5.75 Å². The molecule has 5 nitrogen and oxygen atoms in total. The molecule has 2 atom stereocenters. The smallest absolute Gasteiger partial charge is 0.416 e. The minimum atomic E-state index is -4.44. The van der Waals surface area contributed by atoms with Crippen molar-refractivity contribution in [1.29, 1.82) is 0 Å². The van der Waals surface area contributed by atoms with Gasteiger partial charge >= 0.3 is 6.18 Å². The van der Waals surface area contributed by atoms with Crippen molar-refractivity contribution in [3.63, 3.8) is 0 Å². The van der Waals surface area contributed by atoms with Crippen LogP contribution >= 0.6 is 0 Å². The molecular formula is C15H19F3N2O3. The molecule has 1 heterocycles. The number of likely N-dealkylation sites (tertiary alicyclic amines) is 1. The van der Waals surface area contributed by atoms with Crippen LogP contribution in [0.3, 0.4) is 0 Å². The topological polar surface area (TPSA) is 75.8 Å². The third-order valence-corrected chi connectivity index (χ3v) is 3.74. The minimum absolute atomic E-state index is 0.0340. The Morgan fingerprint density at radius 2 is 2.22 bits per heavy atom. The molecule has 1 aromatic carbocycles. The zero-order chi connectivity index (χ0) is 17.0. The Morgan fingerprint density at radius 1 is 1.48 bits per heavy atom. The Balaban J connectivity index is 1.87. The summed E-state index contributed by atoms with van der Waals surface area (Å²) in [5.74, 6) is -0.403. The summed E-state index contributed by atoms with van der Waals surface area (Å²) in [6.45, 7) is 0.671. The molecule has 0 spiro atoms. The van der Waals surface area contributed by atoms with E-state index in [9.17, 15) is 23.1 Å². The van der Waals surface area contributed by atoms with Crippen LogP contribution < -0.4 is 10.5 Å². The van der Waals surface area contributed by atoms with Gasteiger partial charge in [-0.25, -0.2) is 0 Å². The molecule has 1 aromatic rings. The van der Waals surface area contributed by atoms with Crippen molar-refractivity contribution < 1.29 is 27.8 Å². The highest BCUT2D eigenvalue weighted by molar-refractivity contribution is 5.80. The Kier molecular flexibility index (Phi) is 5.48. The molecule has 2 unspecified atom stereocenters. The molecule has 0 aromatic heterocycles. The van der Waals surface area contributed by atoms with Crippen molar-refractivity contribution in [2.45, 2.75) is 31.2 Å². The number of benzene rings is 1. The lowest BCUT2D eigenvalue weighted by atomic mass is 10.2. The number of aliphatic hydroxyl groups excluding tert-OH is 1. The molecule has 0 aliphatic carbocycles. The number of hydrogen-bond acceptors (Lipinski definition) is 4. The Bertz CT molecular complexity index is 551. The number of nitrogens with zero attached hydrogens (tertiary/aromatic N) is 1. The average molecular weight is 332 g/mol. The molecular weight excluding hydrogens is 313 g/mol. The van der Waals surface area contributed by atoms with Gasteiger partial charge < -0.3 is 15.6 Å². The first kappa shape index (κ1) is 17.6. The van der Waals surface area contributed by atoms with E-state index in [-0.39, 0.29) is 18.9 Å². The number of primary amides is 1. The highest BCUT2D eigenvalue weighted by Gasteiger charge is 2.31. The predicted molar refractivity (Wildman–Crippen MR) is 76.7 cm³/mol. The van der Waals surface area contributed by atoms with Crippen LogP contribution in [-0.4, -0.2) is 47.8 Å². The Morgan fingerprint density at radius 3 is 2.87 bits per heavy atom. The van der Waals surface area contributed by atoms with Crippen LogP contribution in [-0.2, 0) is 11.0 Å². The normalized spacial score (nSPS) is 20.4. The summed E-state index contributed by atoms with van der Waals surface area (Å²) in [6.07, 6.45) is -3.90. The summed E-state index contributed by atoms with van der Waals surface area (Å²) in [5.41, 5.74) is 4.48. The lowest BCUT2D eigenvalue weighted by molar-refractivity contribution is -0.137. The van der Waals surface area contributed by atoms with Crippen molar-refractivity contribution >= 4 is 5.91 Å². The summed E-state index contributed by atoms with van der Waals surface area (Å²) in [6, 6.07) is 4.07. The summed E-state index contributed by atoms with van der Waals surface area (Å²) in [4.78, 5) is 13.0. The van der Waals surface area contributed by atoms with Crippen molar-refractivity contribution in [3.05, 3.63) is 29.8 Å². The molecule has 1 saturated heterocycles. The van der Waals surface area contributed by atoms with E-state index in [1.54, 1.807) is 4.90 Å². The van der Waals surface area contributed by atoms with Gasteiger partial charge in [-0.1, -0.05) is 6.07 Å². The van der Waals surface area contributed by atoms with Gasteiger partial charge in [-0.05, 0) is 37.6 Å². The standard InChI is InChI=1S/C15H19F3N2O3/c16-15(17,18)10-3-1-4-12(7-10)23-9-11(21)8-20-6-2-5-13(20)14(19)22/h1,3-4,7,11,13,21H,2,5-6,8-9H2,(H2,19,22). The largest absolute Gasteiger partial charge is 0.491 e. The second-order valence-electron chi connectivity index (χ2n) is 5.55. The second-order valence-corrected chi connectivity index (χ2v) is 5.55. The van der Waals surface area contributed by atoms with Crippen LogP contribution in [0.15, 0.2) is 24.3 Å². The van der Waals surface area contributed by atoms with Gasteiger partial charge in [0, 0.05) is 6.54 Å². The molecule has 1 aliphatic rings. The fourth-order valence-electron chi connectivity index (χ4n) is 2.64. The van der Waals surface area contributed by atoms with Gasteiger partial charge in [-0.15, -0.1) is 0 Å². The maximum absolute atomic E-state index is 12.6. The molecule has 0 saturated carbocycles. The monoisotopic (exact) mass is 332 g/mol. The van der Waals surface area contributed by atoms with Crippen LogP contribution in [0.4, 0.5) is 13.2 Å². The quantitative estimate of drug-likeness (QED) is 0.826. The number of nitrogens with two attached hydrogens (primary N) is 1. The number of halogens is 3. The fourth-order valence-corrected chi connectivity index (χ4v) is 2.64. The molecule has 0 radical (unpaired) electrons. The van der Waals surface area contributed by atoms with Crippen molar-refractivity contribution in [1.82, 2.24) is 4.90 Å². The summed E-state index contributed by atoms with van der Waals surface area (Å²) in [5, 5.41) is 9.96. The summed E-state index contributed by atoms with van der Waals surface area (Å²) < 4.78 is 43.0. The molecule has 23 heavy (non-hydrogen) atoms. The molecule has 0 bridgehead atoms. The number of ether oxygens (including phenoxy) is 1. The van der Waals surface area contributed by atoms with Crippen LogP contribution in [0.2, 0.25) is 0 Å². The van der Waals surface area contributed by atoms with Gasteiger partial charge in [-0.3, -0.25) is 9.69 Å². The number of carbonyl (C=O) groups excluding carboxylic acids is 1. The first-order chi connectivity index (χ1) is 10.8. The van der Waals surface area contributed by atoms with Crippen LogP contribution in [0, 0.1) is 0 Å². The second kappa shape index (κ2) is 7.18. The molecule has 1 amide bonds. The zero-order valence-corrected chi connectivity index (χ0v) is 12.4. The number of carbonyl (C=O) groups is 1. The average Bonchev–Trinajstić information content (AvgIpc) is 2.93. The third kappa shape index (κ3) is 4.84. The minimum Gasteiger partial charge on any atom is -0.491 e. The maximum atomic E-state index is 12.6.